The van der Waals surface area contributed by atoms with Crippen LogP contribution in [-0.4, -0.2) is 34.4 Å². The van der Waals surface area contributed by atoms with Crippen LogP contribution in [0.25, 0.3) is 10.9 Å². The van der Waals surface area contributed by atoms with Crippen LogP contribution < -0.4 is 0 Å². The van der Waals surface area contributed by atoms with E-state index in [4.69, 9.17) is 0 Å². The fraction of sp³-hybridized carbons (Fsp3) is 0.308. The second kappa shape index (κ2) is 4.80. The van der Waals surface area contributed by atoms with Gasteiger partial charge in [-0.15, -0.1) is 0 Å². The molecule has 5 nitrogen and oxygen atoms in total. The first-order chi connectivity index (χ1) is 8.56. The second-order valence-electron chi connectivity index (χ2n) is 4.15. The first-order valence-electron chi connectivity index (χ1n) is 5.56. The van der Waals surface area contributed by atoms with E-state index in [1.165, 1.54) is 7.11 Å². The van der Waals surface area contributed by atoms with Crippen LogP contribution in [0, 0.1) is 6.92 Å². The highest BCUT2D eigenvalue weighted by Crippen LogP contribution is 2.29. The molecule has 3 N–H and O–H groups in total. The third kappa shape index (κ3) is 1.98. The summed E-state index contributed by atoms with van der Waals surface area (Å²) in [6.45, 7) is 1.90. The van der Waals surface area contributed by atoms with E-state index in [0.717, 1.165) is 16.5 Å². The van der Waals surface area contributed by atoms with E-state index in [9.17, 15) is 15.0 Å². The van der Waals surface area contributed by atoms with Crippen molar-refractivity contribution in [2.75, 3.05) is 7.11 Å². The zero-order valence-corrected chi connectivity index (χ0v) is 10.2. The number of aromatic amines is 1. The quantitative estimate of drug-likeness (QED) is 0.710. The molecule has 18 heavy (non-hydrogen) atoms. The van der Waals surface area contributed by atoms with Gasteiger partial charge in [0, 0.05) is 22.7 Å². The van der Waals surface area contributed by atoms with Crippen molar-refractivity contribution in [1.29, 1.82) is 0 Å². The van der Waals surface area contributed by atoms with Gasteiger partial charge < -0.3 is 19.9 Å². The minimum Gasteiger partial charge on any atom is -0.467 e. The van der Waals surface area contributed by atoms with Crippen molar-refractivity contribution in [3.8, 4) is 0 Å². The van der Waals surface area contributed by atoms with E-state index in [2.05, 4.69) is 9.72 Å². The van der Waals surface area contributed by atoms with Gasteiger partial charge in [-0.2, -0.15) is 0 Å². The average Bonchev–Trinajstić information content (AvgIpc) is 2.81. The first kappa shape index (κ1) is 12.6. The van der Waals surface area contributed by atoms with Gasteiger partial charge in [-0.3, -0.25) is 0 Å². The number of hydrogen-bond donors (Lipinski definition) is 3. The Morgan fingerprint density at radius 3 is 2.78 bits per heavy atom. The highest BCUT2D eigenvalue weighted by molar-refractivity contribution is 5.87. The molecule has 5 heteroatoms. The van der Waals surface area contributed by atoms with Crippen LogP contribution in [0.4, 0.5) is 0 Å². The standard InChI is InChI=1S/C13H15NO4/c1-7-4-3-5-9-10(7)8(6-14-9)11(15)12(16)13(17)18-2/h3-6,11-12,14-16H,1-2H3. The van der Waals surface area contributed by atoms with Gasteiger partial charge >= 0.3 is 5.97 Å². The fourth-order valence-electron chi connectivity index (χ4n) is 2.05. The van der Waals surface area contributed by atoms with Gasteiger partial charge in [-0.25, -0.2) is 4.79 Å². The van der Waals surface area contributed by atoms with Crippen molar-refractivity contribution in [1.82, 2.24) is 4.98 Å². The third-order valence-corrected chi connectivity index (χ3v) is 3.01. The van der Waals surface area contributed by atoms with Crippen molar-refractivity contribution in [3.05, 3.63) is 35.5 Å². The number of aliphatic hydroxyl groups is 2. The lowest BCUT2D eigenvalue weighted by molar-refractivity contribution is -0.156. The van der Waals surface area contributed by atoms with Gasteiger partial charge in [0.25, 0.3) is 0 Å². The van der Waals surface area contributed by atoms with Crippen molar-refractivity contribution < 1.29 is 19.7 Å². The monoisotopic (exact) mass is 249 g/mol. The molecule has 1 aromatic heterocycles. The molecule has 2 unspecified atom stereocenters. The highest BCUT2D eigenvalue weighted by Gasteiger charge is 2.28. The van der Waals surface area contributed by atoms with Gasteiger partial charge in [0.15, 0.2) is 6.10 Å². The maximum Gasteiger partial charge on any atom is 0.337 e. The summed E-state index contributed by atoms with van der Waals surface area (Å²) in [5.41, 5.74) is 2.29. The molecule has 0 saturated carbocycles. The highest BCUT2D eigenvalue weighted by atomic mass is 16.5. The number of carbonyl (C=O) groups excluding carboxylic acids is 1. The second-order valence-corrected chi connectivity index (χ2v) is 4.15. The number of aryl methyl sites for hydroxylation is 1. The maximum absolute atomic E-state index is 11.2. The molecule has 2 atom stereocenters. The summed E-state index contributed by atoms with van der Waals surface area (Å²) >= 11 is 0. The summed E-state index contributed by atoms with van der Waals surface area (Å²) in [6.07, 6.45) is -1.31. The van der Waals surface area contributed by atoms with E-state index in [1.807, 2.05) is 25.1 Å². The van der Waals surface area contributed by atoms with Crippen LogP contribution in [0.5, 0.6) is 0 Å². The molecule has 2 aromatic rings. The third-order valence-electron chi connectivity index (χ3n) is 3.01. The summed E-state index contributed by atoms with van der Waals surface area (Å²) in [5.74, 6) is -0.856. The molecule has 96 valence electrons. The smallest absolute Gasteiger partial charge is 0.337 e. The molecule has 0 aliphatic rings. The number of H-pyrrole nitrogens is 1. The number of benzene rings is 1. The van der Waals surface area contributed by atoms with E-state index < -0.39 is 18.2 Å². The van der Waals surface area contributed by atoms with Crippen LogP contribution in [0.2, 0.25) is 0 Å². The predicted molar refractivity (Wildman–Crippen MR) is 66.0 cm³/mol. The average molecular weight is 249 g/mol. The number of aromatic nitrogens is 1. The van der Waals surface area contributed by atoms with Gasteiger partial charge in [0.05, 0.1) is 7.11 Å². The number of nitrogens with one attached hydrogen (secondary N) is 1. The van der Waals surface area contributed by atoms with Gasteiger partial charge in [-0.05, 0) is 18.6 Å². The number of esters is 1. The van der Waals surface area contributed by atoms with Gasteiger partial charge in [0.1, 0.15) is 6.10 Å². The van der Waals surface area contributed by atoms with E-state index >= 15 is 0 Å². The Labute approximate surface area is 104 Å². The minimum atomic E-state index is -1.59. The van der Waals surface area contributed by atoms with Crippen molar-refractivity contribution >= 4 is 16.9 Å². The lowest BCUT2D eigenvalue weighted by atomic mass is 10.0. The number of ether oxygens (including phenoxy) is 1. The summed E-state index contributed by atoms with van der Waals surface area (Å²) in [4.78, 5) is 14.2. The zero-order valence-electron chi connectivity index (χ0n) is 10.2. The van der Waals surface area contributed by atoms with Gasteiger partial charge in [0.2, 0.25) is 0 Å². The van der Waals surface area contributed by atoms with Gasteiger partial charge in [-0.1, -0.05) is 12.1 Å². The molecule has 1 aromatic carbocycles. The van der Waals surface area contributed by atoms with Crippen LogP contribution in [-0.2, 0) is 9.53 Å². The normalized spacial score (nSPS) is 14.4. The van der Waals surface area contributed by atoms with Crippen molar-refractivity contribution in [3.63, 3.8) is 0 Å². The molecule has 2 rings (SSSR count). The molecule has 0 saturated heterocycles. The number of carbonyl (C=O) groups is 1. The number of methoxy groups -OCH3 is 1. The van der Waals surface area contributed by atoms with Crippen LogP contribution in [0.1, 0.15) is 17.2 Å². The van der Waals surface area contributed by atoms with Crippen LogP contribution in [0.15, 0.2) is 24.4 Å². The zero-order chi connectivity index (χ0) is 13.3. The molecular formula is C13H15NO4. The number of hydrogen-bond acceptors (Lipinski definition) is 4. The lowest BCUT2D eigenvalue weighted by Gasteiger charge is -2.15. The molecule has 0 radical (unpaired) electrons. The van der Waals surface area contributed by atoms with Crippen molar-refractivity contribution in [2.24, 2.45) is 0 Å². The van der Waals surface area contributed by atoms with Crippen molar-refractivity contribution in [2.45, 2.75) is 19.1 Å². The summed E-state index contributed by atoms with van der Waals surface area (Å²) < 4.78 is 4.41. The van der Waals surface area contributed by atoms with E-state index in [0.29, 0.717) is 5.56 Å². The lowest BCUT2D eigenvalue weighted by Crippen LogP contribution is -2.28. The first-order valence-corrected chi connectivity index (χ1v) is 5.56. The molecule has 1 heterocycles. The molecule has 0 aliphatic heterocycles. The molecular weight excluding hydrogens is 234 g/mol. The Kier molecular flexibility index (Phi) is 3.36. The maximum atomic E-state index is 11.2. The Bertz CT molecular complexity index is 575. The summed E-state index contributed by atoms with van der Waals surface area (Å²) in [7, 11) is 1.17. The fourth-order valence-corrected chi connectivity index (χ4v) is 2.05. The molecule has 0 amide bonds. The Balaban J connectivity index is 2.45. The van der Waals surface area contributed by atoms with Crippen LogP contribution >= 0.6 is 0 Å². The SMILES string of the molecule is COC(=O)C(O)C(O)c1c[nH]c2cccc(C)c12. The topological polar surface area (TPSA) is 82.6 Å². The van der Waals surface area contributed by atoms with Crippen LogP contribution in [0.3, 0.4) is 0 Å². The summed E-state index contributed by atoms with van der Waals surface area (Å²) in [6, 6.07) is 5.65. The molecule has 0 fully saturated rings. The van der Waals surface area contributed by atoms with E-state index in [-0.39, 0.29) is 0 Å². The Hall–Kier alpha value is -1.85. The van der Waals surface area contributed by atoms with E-state index in [1.54, 1.807) is 6.20 Å². The predicted octanol–water partition coefficient (Wildman–Crippen LogP) is 1.04. The number of fused-ring (bicyclic) bond motifs is 1. The summed E-state index contributed by atoms with van der Waals surface area (Å²) in [5, 5.41) is 20.5. The molecule has 0 spiro atoms. The minimum absolute atomic E-state index is 0.487. The Morgan fingerprint density at radius 2 is 2.11 bits per heavy atom. The number of aliphatic hydroxyl groups excluding tert-OH is 2. The largest absolute Gasteiger partial charge is 0.467 e. The Morgan fingerprint density at radius 1 is 1.39 bits per heavy atom. The molecule has 0 aliphatic carbocycles. The molecule has 0 bridgehead atoms. The number of rotatable bonds is 3.